The van der Waals surface area contributed by atoms with Crippen molar-refractivity contribution in [2.75, 3.05) is 38.1 Å². The number of aromatic nitrogens is 2. The van der Waals surface area contributed by atoms with Crippen molar-refractivity contribution in [2.24, 2.45) is 11.8 Å². The zero-order valence-electron chi connectivity index (χ0n) is 13.0. The van der Waals surface area contributed by atoms with Gasteiger partial charge in [-0.2, -0.15) is 0 Å². The zero-order chi connectivity index (χ0) is 14.9. The smallest absolute Gasteiger partial charge is 0.151 e. The lowest BCUT2D eigenvalue weighted by Crippen LogP contribution is -2.51. The summed E-state index contributed by atoms with van der Waals surface area (Å²) in [4.78, 5) is 4.90. The van der Waals surface area contributed by atoms with E-state index >= 15 is 0 Å². The number of benzene rings is 1. The molecule has 2 aliphatic rings. The average Bonchev–Trinajstić information content (AvgIpc) is 2.55. The number of piperidine rings is 2. The van der Waals surface area contributed by atoms with Gasteiger partial charge in [0.25, 0.3) is 0 Å². The molecular weight excluding hydrogens is 272 g/mol. The zero-order valence-corrected chi connectivity index (χ0v) is 13.0. The summed E-state index contributed by atoms with van der Waals surface area (Å²) in [5, 5.41) is 8.92. The van der Waals surface area contributed by atoms with Crippen molar-refractivity contribution in [3.63, 3.8) is 0 Å². The summed E-state index contributed by atoms with van der Waals surface area (Å²) in [5.74, 6) is 2.57. The monoisotopic (exact) mass is 294 g/mol. The molecule has 0 spiro atoms. The topological polar surface area (TPSA) is 32.3 Å². The molecule has 4 rings (SSSR count). The number of hydrogen-bond acceptors (Lipinski definition) is 4. The molecule has 0 radical (unpaired) electrons. The predicted molar refractivity (Wildman–Crippen MR) is 88.8 cm³/mol. The molecule has 2 unspecified atom stereocenters. The molecule has 3 heterocycles. The Morgan fingerprint density at radius 2 is 1.59 bits per heavy atom. The number of nitrogens with zero attached hydrogens (tertiary/aromatic N) is 4. The second-order valence-corrected chi connectivity index (χ2v) is 6.74. The Kier molecular flexibility index (Phi) is 3.54. The van der Waals surface area contributed by atoms with E-state index in [0.29, 0.717) is 0 Å². The van der Waals surface area contributed by atoms with Crippen molar-refractivity contribution in [3.8, 4) is 11.3 Å². The lowest BCUT2D eigenvalue weighted by molar-refractivity contribution is 0.133. The maximum atomic E-state index is 4.49. The maximum absolute atomic E-state index is 4.49. The molecule has 2 aliphatic heterocycles. The van der Waals surface area contributed by atoms with Gasteiger partial charge in [0.15, 0.2) is 5.82 Å². The van der Waals surface area contributed by atoms with Gasteiger partial charge < -0.3 is 9.80 Å². The molecule has 4 heteroatoms. The summed E-state index contributed by atoms with van der Waals surface area (Å²) in [6.07, 6.45) is 1.37. The molecule has 2 bridgehead atoms. The molecule has 1 aromatic heterocycles. The van der Waals surface area contributed by atoms with E-state index < -0.39 is 0 Å². The normalized spacial score (nSPS) is 25.2. The van der Waals surface area contributed by atoms with Crippen molar-refractivity contribution in [2.45, 2.75) is 6.42 Å². The summed E-state index contributed by atoms with van der Waals surface area (Å²) in [7, 11) is 2.24. The quantitative estimate of drug-likeness (QED) is 0.852. The molecule has 0 saturated carbocycles. The molecule has 0 N–H and O–H groups in total. The lowest BCUT2D eigenvalue weighted by atomic mass is 9.85. The van der Waals surface area contributed by atoms with E-state index in [1.165, 1.54) is 19.5 Å². The molecule has 22 heavy (non-hydrogen) atoms. The van der Waals surface area contributed by atoms with Crippen molar-refractivity contribution >= 4 is 5.82 Å². The molecule has 2 fully saturated rings. The number of rotatable bonds is 2. The lowest BCUT2D eigenvalue weighted by Gasteiger charge is -2.45. The van der Waals surface area contributed by atoms with Gasteiger partial charge >= 0.3 is 0 Å². The highest BCUT2D eigenvalue weighted by Gasteiger charge is 2.33. The van der Waals surface area contributed by atoms with Crippen LogP contribution in [0.3, 0.4) is 0 Å². The summed E-state index contributed by atoms with van der Waals surface area (Å²) >= 11 is 0. The Balaban J connectivity index is 1.52. The Morgan fingerprint density at radius 3 is 2.23 bits per heavy atom. The van der Waals surface area contributed by atoms with Gasteiger partial charge in [-0.3, -0.25) is 0 Å². The van der Waals surface area contributed by atoms with Crippen LogP contribution in [-0.4, -0.2) is 48.3 Å². The van der Waals surface area contributed by atoms with Gasteiger partial charge in [-0.1, -0.05) is 30.3 Å². The molecular formula is C18H22N4. The summed E-state index contributed by atoms with van der Waals surface area (Å²) in [6.45, 7) is 4.64. The van der Waals surface area contributed by atoms with Crippen molar-refractivity contribution in [3.05, 3.63) is 42.5 Å². The molecule has 0 amide bonds. The Labute approximate surface area is 131 Å². The van der Waals surface area contributed by atoms with Gasteiger partial charge in [0.05, 0.1) is 5.69 Å². The molecule has 1 aromatic carbocycles. The highest BCUT2D eigenvalue weighted by molar-refractivity contribution is 5.59. The van der Waals surface area contributed by atoms with Crippen LogP contribution in [0.25, 0.3) is 11.3 Å². The first-order chi connectivity index (χ1) is 10.8. The van der Waals surface area contributed by atoms with E-state index in [4.69, 9.17) is 0 Å². The number of fused-ring (bicyclic) bond motifs is 2. The van der Waals surface area contributed by atoms with E-state index in [0.717, 1.165) is 42.0 Å². The fourth-order valence-corrected chi connectivity index (χ4v) is 3.98. The average molecular weight is 294 g/mol. The largest absolute Gasteiger partial charge is 0.354 e. The van der Waals surface area contributed by atoms with Crippen LogP contribution < -0.4 is 4.90 Å². The first-order valence-corrected chi connectivity index (χ1v) is 8.10. The standard InChI is InChI=1S/C18H22N4/c1-21-10-14-9-15(11-21)13-22(12-14)18-8-7-17(19-20-18)16-5-3-2-4-6-16/h2-8,14-15H,9-13H2,1H3. The summed E-state index contributed by atoms with van der Waals surface area (Å²) in [6, 6.07) is 14.5. The second kappa shape index (κ2) is 5.69. The van der Waals surface area contributed by atoms with Crippen molar-refractivity contribution in [1.82, 2.24) is 15.1 Å². The van der Waals surface area contributed by atoms with Crippen LogP contribution in [0, 0.1) is 11.8 Å². The SMILES string of the molecule is CN1CC2CC(C1)CN(c1ccc(-c3ccccc3)nn1)C2. The van der Waals surface area contributed by atoms with Crippen LogP contribution in [0.4, 0.5) is 5.82 Å². The van der Waals surface area contributed by atoms with Crippen LogP contribution in [0.1, 0.15) is 6.42 Å². The van der Waals surface area contributed by atoms with Gasteiger partial charge in [-0.05, 0) is 37.4 Å². The first kappa shape index (κ1) is 13.7. The van der Waals surface area contributed by atoms with Crippen LogP contribution in [-0.2, 0) is 0 Å². The van der Waals surface area contributed by atoms with E-state index in [1.54, 1.807) is 0 Å². The van der Waals surface area contributed by atoms with E-state index in [-0.39, 0.29) is 0 Å². The first-order valence-electron chi connectivity index (χ1n) is 8.10. The van der Waals surface area contributed by atoms with E-state index in [2.05, 4.69) is 51.3 Å². The minimum Gasteiger partial charge on any atom is -0.354 e. The molecule has 0 aliphatic carbocycles. The second-order valence-electron chi connectivity index (χ2n) is 6.74. The van der Waals surface area contributed by atoms with E-state index in [1.807, 2.05) is 18.2 Å². The van der Waals surface area contributed by atoms with Gasteiger partial charge in [-0.15, -0.1) is 10.2 Å². The third kappa shape index (κ3) is 2.71. The number of anilines is 1. The summed E-state index contributed by atoms with van der Waals surface area (Å²) < 4.78 is 0. The van der Waals surface area contributed by atoms with Gasteiger partial charge in [0, 0.05) is 31.7 Å². The molecule has 114 valence electrons. The highest BCUT2D eigenvalue weighted by Crippen LogP contribution is 2.30. The van der Waals surface area contributed by atoms with Crippen molar-refractivity contribution in [1.29, 1.82) is 0 Å². The molecule has 2 saturated heterocycles. The van der Waals surface area contributed by atoms with Gasteiger partial charge in [0.1, 0.15) is 0 Å². The minimum atomic E-state index is 0.771. The number of likely N-dealkylation sites (tertiary alicyclic amines) is 1. The molecule has 2 aromatic rings. The predicted octanol–water partition coefficient (Wildman–Crippen LogP) is 2.53. The van der Waals surface area contributed by atoms with Crippen LogP contribution in [0.2, 0.25) is 0 Å². The maximum Gasteiger partial charge on any atom is 0.151 e. The Bertz CT molecular complexity index is 607. The van der Waals surface area contributed by atoms with Crippen LogP contribution >= 0.6 is 0 Å². The fraction of sp³-hybridized carbons (Fsp3) is 0.444. The highest BCUT2D eigenvalue weighted by atomic mass is 15.3. The van der Waals surface area contributed by atoms with Crippen LogP contribution in [0.15, 0.2) is 42.5 Å². The van der Waals surface area contributed by atoms with Gasteiger partial charge in [-0.25, -0.2) is 0 Å². The minimum absolute atomic E-state index is 0.771. The molecule has 4 nitrogen and oxygen atoms in total. The van der Waals surface area contributed by atoms with Crippen LogP contribution in [0.5, 0.6) is 0 Å². The summed E-state index contributed by atoms with van der Waals surface area (Å²) in [5.41, 5.74) is 2.07. The Morgan fingerprint density at radius 1 is 0.864 bits per heavy atom. The molecule has 2 atom stereocenters. The number of hydrogen-bond donors (Lipinski definition) is 0. The van der Waals surface area contributed by atoms with E-state index in [9.17, 15) is 0 Å². The fourth-order valence-electron chi connectivity index (χ4n) is 3.98. The van der Waals surface area contributed by atoms with Gasteiger partial charge in [0.2, 0.25) is 0 Å². The third-order valence-electron chi connectivity index (χ3n) is 4.81. The third-order valence-corrected chi connectivity index (χ3v) is 4.81. The Hall–Kier alpha value is -1.94. The van der Waals surface area contributed by atoms with Crippen molar-refractivity contribution < 1.29 is 0 Å².